The number of hydrogen-bond acceptors (Lipinski definition) is 1. The van der Waals surface area contributed by atoms with Crippen LogP contribution in [0.15, 0.2) is 30.9 Å². The summed E-state index contributed by atoms with van der Waals surface area (Å²) in [6.45, 7) is 6.71. The van der Waals surface area contributed by atoms with Crippen molar-refractivity contribution in [3.05, 3.63) is 47.3 Å². The Balaban J connectivity index is 2.49. The fourth-order valence-corrected chi connectivity index (χ4v) is 2.59. The second kappa shape index (κ2) is 9.95. The summed E-state index contributed by atoms with van der Waals surface area (Å²) >= 11 is 5.83. The molecule has 0 fully saturated rings. The first-order chi connectivity index (χ1) is 9.69. The molecular weight excluding hydrogens is 273 g/mol. The molecule has 1 unspecified atom stereocenters. The Hall–Kier alpha value is -0.860. The Morgan fingerprint density at radius 1 is 1.35 bits per heavy atom. The molecule has 0 aromatic heterocycles. The zero-order chi connectivity index (χ0) is 14.8. The molecule has 0 aliphatic rings. The van der Waals surface area contributed by atoms with Crippen molar-refractivity contribution in [1.82, 2.24) is 5.32 Å². The molecule has 0 amide bonds. The van der Waals surface area contributed by atoms with Gasteiger partial charge in [-0.3, -0.25) is 0 Å². The maximum absolute atomic E-state index is 13.9. The molecule has 0 spiro atoms. The van der Waals surface area contributed by atoms with Crippen LogP contribution in [0.4, 0.5) is 4.39 Å². The summed E-state index contributed by atoms with van der Waals surface area (Å²) in [5.41, 5.74) is 0.703. The standard InChI is InChI=1S/C17H25ClFN/c1-3-5-6-7-8-11-15(20-4-2)13-14-10-9-12-16(18)17(14)19/h3,9-10,12,15,20H,1,4-8,11,13H2,2H3. The van der Waals surface area contributed by atoms with Crippen LogP contribution in [0.1, 0.15) is 44.6 Å². The smallest absolute Gasteiger partial charge is 0.145 e. The van der Waals surface area contributed by atoms with Crippen LogP contribution >= 0.6 is 11.6 Å². The summed E-state index contributed by atoms with van der Waals surface area (Å²) in [6.07, 6.45) is 8.35. The highest BCUT2D eigenvalue weighted by Gasteiger charge is 2.12. The zero-order valence-corrected chi connectivity index (χ0v) is 13.1. The van der Waals surface area contributed by atoms with Crippen molar-refractivity contribution < 1.29 is 4.39 Å². The third kappa shape index (κ3) is 6.06. The van der Waals surface area contributed by atoms with Gasteiger partial charge in [-0.05, 0) is 43.9 Å². The van der Waals surface area contributed by atoms with Gasteiger partial charge in [0.15, 0.2) is 0 Å². The quantitative estimate of drug-likeness (QED) is 0.466. The van der Waals surface area contributed by atoms with Gasteiger partial charge in [-0.2, -0.15) is 0 Å². The van der Waals surface area contributed by atoms with Crippen LogP contribution in [0.5, 0.6) is 0 Å². The minimum Gasteiger partial charge on any atom is -0.314 e. The van der Waals surface area contributed by atoms with Crippen molar-refractivity contribution in [2.75, 3.05) is 6.54 Å². The van der Waals surface area contributed by atoms with Gasteiger partial charge < -0.3 is 5.32 Å². The maximum atomic E-state index is 13.9. The summed E-state index contributed by atoms with van der Waals surface area (Å²) in [7, 11) is 0. The van der Waals surface area contributed by atoms with Gasteiger partial charge in [0.25, 0.3) is 0 Å². The van der Waals surface area contributed by atoms with Crippen LogP contribution in [0, 0.1) is 5.82 Å². The number of allylic oxidation sites excluding steroid dienone is 1. The summed E-state index contributed by atoms with van der Waals surface area (Å²) in [4.78, 5) is 0. The molecule has 0 bridgehead atoms. The first kappa shape index (κ1) is 17.2. The normalized spacial score (nSPS) is 12.3. The summed E-state index contributed by atoms with van der Waals surface area (Å²) in [6, 6.07) is 5.55. The van der Waals surface area contributed by atoms with Gasteiger partial charge in [-0.25, -0.2) is 4.39 Å². The SMILES string of the molecule is C=CCCCCCC(Cc1cccc(Cl)c1F)NCC. The van der Waals surface area contributed by atoms with Gasteiger partial charge in [0.1, 0.15) is 5.82 Å². The first-order valence-electron chi connectivity index (χ1n) is 7.46. The van der Waals surface area contributed by atoms with Crippen LogP contribution in [-0.2, 0) is 6.42 Å². The molecule has 0 saturated carbocycles. The van der Waals surface area contributed by atoms with Crippen LogP contribution in [-0.4, -0.2) is 12.6 Å². The minimum absolute atomic E-state index is 0.212. The summed E-state index contributed by atoms with van der Waals surface area (Å²) < 4.78 is 13.9. The molecule has 0 radical (unpaired) electrons. The average Bonchev–Trinajstić information content (AvgIpc) is 2.43. The van der Waals surface area contributed by atoms with E-state index in [1.165, 1.54) is 12.8 Å². The predicted molar refractivity (Wildman–Crippen MR) is 85.9 cm³/mol. The first-order valence-corrected chi connectivity index (χ1v) is 7.84. The Morgan fingerprint density at radius 2 is 2.15 bits per heavy atom. The molecule has 1 rings (SSSR count). The van der Waals surface area contributed by atoms with E-state index in [1.807, 2.05) is 18.2 Å². The van der Waals surface area contributed by atoms with Crippen molar-refractivity contribution in [2.45, 2.75) is 51.5 Å². The third-order valence-electron chi connectivity index (χ3n) is 3.45. The van der Waals surface area contributed by atoms with Gasteiger partial charge in [-0.15, -0.1) is 6.58 Å². The van der Waals surface area contributed by atoms with E-state index in [0.29, 0.717) is 18.0 Å². The average molecular weight is 298 g/mol. The van der Waals surface area contributed by atoms with Gasteiger partial charge in [-0.1, -0.05) is 49.6 Å². The molecule has 1 nitrogen and oxygen atoms in total. The number of benzene rings is 1. The molecule has 112 valence electrons. The molecule has 1 atom stereocenters. The molecule has 1 aromatic carbocycles. The van der Waals surface area contributed by atoms with Crippen LogP contribution in [0.25, 0.3) is 0 Å². The van der Waals surface area contributed by atoms with Crippen molar-refractivity contribution >= 4 is 11.6 Å². The van der Waals surface area contributed by atoms with Gasteiger partial charge in [0.2, 0.25) is 0 Å². The number of rotatable bonds is 10. The molecule has 20 heavy (non-hydrogen) atoms. The topological polar surface area (TPSA) is 12.0 Å². The molecule has 1 aromatic rings. The Labute approximate surface area is 127 Å². The summed E-state index contributed by atoms with van der Waals surface area (Å²) in [5, 5.41) is 3.65. The van der Waals surface area contributed by atoms with Gasteiger partial charge in [0, 0.05) is 6.04 Å². The number of unbranched alkanes of at least 4 members (excludes halogenated alkanes) is 3. The highest BCUT2D eigenvalue weighted by atomic mass is 35.5. The van der Waals surface area contributed by atoms with Crippen LogP contribution < -0.4 is 5.32 Å². The molecule has 0 saturated heterocycles. The van der Waals surface area contributed by atoms with Crippen LogP contribution in [0.3, 0.4) is 0 Å². The lowest BCUT2D eigenvalue weighted by Gasteiger charge is -2.18. The fourth-order valence-electron chi connectivity index (χ4n) is 2.39. The van der Waals surface area contributed by atoms with Gasteiger partial charge in [0.05, 0.1) is 5.02 Å². The van der Waals surface area contributed by atoms with Crippen molar-refractivity contribution in [2.24, 2.45) is 0 Å². The van der Waals surface area contributed by atoms with Gasteiger partial charge >= 0.3 is 0 Å². The van der Waals surface area contributed by atoms with E-state index in [4.69, 9.17) is 11.6 Å². The molecule has 0 aliphatic heterocycles. The largest absolute Gasteiger partial charge is 0.314 e. The summed E-state index contributed by atoms with van der Waals surface area (Å²) in [5.74, 6) is -0.274. The van der Waals surface area contributed by atoms with E-state index in [1.54, 1.807) is 6.07 Å². The second-order valence-corrected chi connectivity index (χ2v) is 5.51. The molecule has 0 heterocycles. The fraction of sp³-hybridized carbons (Fsp3) is 0.529. The predicted octanol–water partition coefficient (Wildman–Crippen LogP) is 5.14. The third-order valence-corrected chi connectivity index (χ3v) is 3.74. The molecule has 0 aliphatic carbocycles. The van der Waals surface area contributed by atoms with E-state index < -0.39 is 0 Å². The maximum Gasteiger partial charge on any atom is 0.145 e. The molecule has 1 N–H and O–H groups in total. The molecule has 3 heteroatoms. The van der Waals surface area contributed by atoms with Crippen molar-refractivity contribution in [3.8, 4) is 0 Å². The second-order valence-electron chi connectivity index (χ2n) is 5.10. The zero-order valence-electron chi connectivity index (χ0n) is 12.3. The Kier molecular flexibility index (Phi) is 8.56. The highest BCUT2D eigenvalue weighted by molar-refractivity contribution is 6.30. The van der Waals surface area contributed by atoms with E-state index in [9.17, 15) is 4.39 Å². The number of halogens is 2. The van der Waals surface area contributed by atoms with Crippen molar-refractivity contribution in [3.63, 3.8) is 0 Å². The lowest BCUT2D eigenvalue weighted by molar-refractivity contribution is 0.457. The van der Waals surface area contributed by atoms with E-state index in [2.05, 4.69) is 18.8 Å². The highest BCUT2D eigenvalue weighted by Crippen LogP contribution is 2.20. The minimum atomic E-state index is -0.274. The van der Waals surface area contributed by atoms with Crippen LogP contribution in [0.2, 0.25) is 5.02 Å². The Morgan fingerprint density at radius 3 is 2.85 bits per heavy atom. The van der Waals surface area contributed by atoms with E-state index >= 15 is 0 Å². The lowest BCUT2D eigenvalue weighted by atomic mass is 9.99. The Bertz CT molecular complexity index is 406. The number of likely N-dealkylation sites (N-methyl/N-ethyl adjacent to an activating group) is 1. The van der Waals surface area contributed by atoms with E-state index in [-0.39, 0.29) is 10.8 Å². The van der Waals surface area contributed by atoms with E-state index in [0.717, 1.165) is 25.8 Å². The number of nitrogens with one attached hydrogen (secondary N) is 1. The molecular formula is C17H25ClFN. The van der Waals surface area contributed by atoms with Crippen molar-refractivity contribution in [1.29, 1.82) is 0 Å². The monoisotopic (exact) mass is 297 g/mol. The lowest BCUT2D eigenvalue weighted by Crippen LogP contribution is -2.31. The number of hydrogen-bond donors (Lipinski definition) is 1.